The number of H-pyrrole nitrogens is 1. The summed E-state index contributed by atoms with van der Waals surface area (Å²) in [5, 5.41) is 0. The predicted molar refractivity (Wildman–Crippen MR) is 97.8 cm³/mol. The molecule has 126 valence electrons. The minimum Gasteiger partial charge on any atom is -0.359 e. The number of hydrogen-bond donors (Lipinski definition) is 1. The quantitative estimate of drug-likeness (QED) is 0.798. The number of aryl methyl sites for hydroxylation is 1. The molecule has 5 nitrogen and oxygen atoms in total. The van der Waals surface area contributed by atoms with Crippen molar-refractivity contribution in [1.82, 2.24) is 19.9 Å². The van der Waals surface area contributed by atoms with Crippen LogP contribution in [-0.4, -0.2) is 38.8 Å². The maximum Gasteiger partial charge on any atom is 0.223 e. The monoisotopic (exact) mass is 332 g/mol. The second kappa shape index (κ2) is 6.89. The summed E-state index contributed by atoms with van der Waals surface area (Å²) in [6.45, 7) is 1.44. The maximum absolute atomic E-state index is 12.4. The summed E-state index contributed by atoms with van der Waals surface area (Å²) in [4.78, 5) is 26.1. The van der Waals surface area contributed by atoms with E-state index in [2.05, 4.69) is 21.0 Å². The Bertz CT molecular complexity index is 914. The van der Waals surface area contributed by atoms with Gasteiger partial charge in [-0.3, -0.25) is 14.8 Å². The molecule has 5 heteroatoms. The third-order valence-electron chi connectivity index (χ3n) is 4.72. The largest absolute Gasteiger partial charge is 0.359 e. The highest BCUT2D eigenvalue weighted by molar-refractivity contribution is 5.90. The Morgan fingerprint density at radius 3 is 2.88 bits per heavy atom. The minimum atomic E-state index is 0.212. The molecular weight excluding hydrogens is 312 g/mol. The van der Waals surface area contributed by atoms with Crippen LogP contribution in [0.25, 0.3) is 16.6 Å². The number of hydrogen-bond acceptors (Lipinski definition) is 3. The zero-order valence-corrected chi connectivity index (χ0v) is 14.0. The SMILES string of the molecule is O=C(CCc1ccncc1)N1CC=C(c2c[nH]c3cccnc23)CC1. The molecule has 1 N–H and O–H groups in total. The molecule has 3 aromatic rings. The first-order valence-electron chi connectivity index (χ1n) is 8.59. The van der Waals surface area contributed by atoms with E-state index in [-0.39, 0.29) is 5.91 Å². The molecule has 0 saturated heterocycles. The van der Waals surface area contributed by atoms with Gasteiger partial charge in [-0.05, 0) is 48.2 Å². The summed E-state index contributed by atoms with van der Waals surface area (Å²) < 4.78 is 0. The van der Waals surface area contributed by atoms with E-state index in [0.29, 0.717) is 13.0 Å². The minimum absolute atomic E-state index is 0.212. The van der Waals surface area contributed by atoms with Gasteiger partial charge in [-0.15, -0.1) is 0 Å². The summed E-state index contributed by atoms with van der Waals surface area (Å²) in [6.07, 6.45) is 11.7. The van der Waals surface area contributed by atoms with Crippen molar-refractivity contribution in [3.8, 4) is 0 Å². The van der Waals surface area contributed by atoms with Gasteiger partial charge in [0.15, 0.2) is 0 Å². The van der Waals surface area contributed by atoms with Gasteiger partial charge in [0.1, 0.15) is 0 Å². The molecule has 0 spiro atoms. The van der Waals surface area contributed by atoms with Crippen molar-refractivity contribution < 1.29 is 4.79 Å². The topological polar surface area (TPSA) is 61.9 Å². The number of fused-ring (bicyclic) bond motifs is 1. The van der Waals surface area contributed by atoms with Crippen LogP contribution >= 0.6 is 0 Å². The third-order valence-corrected chi connectivity index (χ3v) is 4.72. The Hall–Kier alpha value is -2.95. The van der Waals surface area contributed by atoms with Crippen LogP contribution in [0, 0.1) is 0 Å². The van der Waals surface area contributed by atoms with Gasteiger partial charge < -0.3 is 9.88 Å². The Morgan fingerprint density at radius 2 is 2.08 bits per heavy atom. The van der Waals surface area contributed by atoms with Crippen LogP contribution < -0.4 is 0 Å². The van der Waals surface area contributed by atoms with Crippen molar-refractivity contribution in [2.75, 3.05) is 13.1 Å². The van der Waals surface area contributed by atoms with Gasteiger partial charge in [0.2, 0.25) is 5.91 Å². The van der Waals surface area contributed by atoms with E-state index in [1.807, 2.05) is 41.6 Å². The van der Waals surface area contributed by atoms with Crippen molar-refractivity contribution in [3.63, 3.8) is 0 Å². The lowest BCUT2D eigenvalue weighted by Crippen LogP contribution is -2.34. The van der Waals surface area contributed by atoms with Crippen LogP contribution in [0.4, 0.5) is 0 Å². The van der Waals surface area contributed by atoms with E-state index < -0.39 is 0 Å². The second-order valence-electron chi connectivity index (χ2n) is 6.28. The fourth-order valence-electron chi connectivity index (χ4n) is 3.30. The molecule has 0 unspecified atom stereocenters. The van der Waals surface area contributed by atoms with E-state index in [0.717, 1.165) is 41.5 Å². The summed E-state index contributed by atoms with van der Waals surface area (Å²) >= 11 is 0. The molecule has 1 aliphatic heterocycles. The Labute approximate surface area is 146 Å². The number of carbonyl (C=O) groups is 1. The Kier molecular flexibility index (Phi) is 4.29. The molecule has 1 amide bonds. The number of nitrogens with zero attached hydrogens (tertiary/aromatic N) is 3. The number of aromatic amines is 1. The zero-order valence-electron chi connectivity index (χ0n) is 14.0. The number of carbonyl (C=O) groups excluding carboxylic acids is 1. The molecule has 0 aromatic carbocycles. The van der Waals surface area contributed by atoms with Crippen LogP contribution in [0.2, 0.25) is 0 Å². The van der Waals surface area contributed by atoms with Gasteiger partial charge in [-0.25, -0.2) is 0 Å². The van der Waals surface area contributed by atoms with E-state index in [1.165, 1.54) is 5.57 Å². The van der Waals surface area contributed by atoms with E-state index in [1.54, 1.807) is 12.4 Å². The lowest BCUT2D eigenvalue weighted by Gasteiger charge is -2.26. The van der Waals surface area contributed by atoms with Crippen LogP contribution in [0.5, 0.6) is 0 Å². The molecule has 1 aliphatic rings. The van der Waals surface area contributed by atoms with Gasteiger partial charge in [0.05, 0.1) is 11.0 Å². The standard InChI is InChI=1S/C20H20N4O/c25-19(4-3-15-5-10-21-11-6-15)24-12-7-16(8-13-24)17-14-23-18-2-1-9-22-20(17)18/h1-2,5-7,9-11,14,23H,3-4,8,12-13H2. The highest BCUT2D eigenvalue weighted by Crippen LogP contribution is 2.28. The molecule has 0 aliphatic carbocycles. The fourth-order valence-corrected chi connectivity index (χ4v) is 3.30. The van der Waals surface area contributed by atoms with Crippen molar-refractivity contribution in [1.29, 1.82) is 0 Å². The van der Waals surface area contributed by atoms with Gasteiger partial charge in [0, 0.05) is 49.9 Å². The lowest BCUT2D eigenvalue weighted by atomic mass is 10.0. The lowest BCUT2D eigenvalue weighted by molar-refractivity contribution is -0.130. The first kappa shape index (κ1) is 15.6. The summed E-state index contributed by atoms with van der Waals surface area (Å²) in [6, 6.07) is 7.89. The Balaban J connectivity index is 1.41. The van der Waals surface area contributed by atoms with Gasteiger partial charge >= 0.3 is 0 Å². The van der Waals surface area contributed by atoms with E-state index >= 15 is 0 Å². The molecule has 4 rings (SSSR count). The molecule has 0 fully saturated rings. The molecule has 0 radical (unpaired) electrons. The third kappa shape index (κ3) is 3.31. The van der Waals surface area contributed by atoms with Crippen LogP contribution in [0.15, 0.2) is 55.1 Å². The number of pyridine rings is 2. The molecule has 0 bridgehead atoms. The number of amides is 1. The number of rotatable bonds is 4. The van der Waals surface area contributed by atoms with Gasteiger partial charge in [-0.1, -0.05) is 6.08 Å². The molecule has 25 heavy (non-hydrogen) atoms. The summed E-state index contributed by atoms with van der Waals surface area (Å²) in [5.41, 5.74) is 5.63. The first-order chi connectivity index (χ1) is 12.3. The van der Waals surface area contributed by atoms with E-state index in [4.69, 9.17) is 0 Å². The zero-order chi connectivity index (χ0) is 17.1. The van der Waals surface area contributed by atoms with Gasteiger partial charge in [-0.2, -0.15) is 0 Å². The maximum atomic E-state index is 12.4. The summed E-state index contributed by atoms with van der Waals surface area (Å²) in [7, 11) is 0. The Morgan fingerprint density at radius 1 is 1.20 bits per heavy atom. The van der Waals surface area contributed by atoms with Crippen molar-refractivity contribution in [2.45, 2.75) is 19.3 Å². The molecule has 3 aromatic heterocycles. The van der Waals surface area contributed by atoms with Crippen molar-refractivity contribution in [3.05, 3.63) is 66.3 Å². The van der Waals surface area contributed by atoms with Crippen LogP contribution in [0.1, 0.15) is 24.0 Å². The number of nitrogens with one attached hydrogen (secondary N) is 1. The highest BCUT2D eigenvalue weighted by Gasteiger charge is 2.19. The predicted octanol–water partition coefficient (Wildman–Crippen LogP) is 3.21. The summed E-state index contributed by atoms with van der Waals surface area (Å²) in [5.74, 6) is 0.212. The van der Waals surface area contributed by atoms with Crippen LogP contribution in [-0.2, 0) is 11.2 Å². The van der Waals surface area contributed by atoms with Gasteiger partial charge in [0.25, 0.3) is 0 Å². The van der Waals surface area contributed by atoms with E-state index in [9.17, 15) is 4.79 Å². The normalized spacial score (nSPS) is 14.6. The second-order valence-corrected chi connectivity index (χ2v) is 6.28. The average Bonchev–Trinajstić information content (AvgIpc) is 3.11. The molecule has 0 saturated carbocycles. The number of aromatic nitrogens is 3. The first-order valence-corrected chi connectivity index (χ1v) is 8.59. The molecule has 0 atom stereocenters. The van der Waals surface area contributed by atoms with Crippen LogP contribution in [0.3, 0.4) is 0 Å². The molecular formula is C20H20N4O. The molecule has 4 heterocycles. The van der Waals surface area contributed by atoms with Crippen molar-refractivity contribution in [2.24, 2.45) is 0 Å². The average molecular weight is 332 g/mol. The highest BCUT2D eigenvalue weighted by atomic mass is 16.2. The fraction of sp³-hybridized carbons (Fsp3) is 0.250. The van der Waals surface area contributed by atoms with Crippen molar-refractivity contribution >= 4 is 22.5 Å². The smallest absolute Gasteiger partial charge is 0.223 e.